The molecule has 0 saturated carbocycles. The number of aromatic nitrogens is 2. The molecule has 1 aromatic carbocycles. The predicted molar refractivity (Wildman–Crippen MR) is 77.3 cm³/mol. The molecule has 3 rings (SSSR count). The van der Waals surface area contributed by atoms with Gasteiger partial charge in [-0.3, -0.25) is 4.98 Å². The highest BCUT2D eigenvalue weighted by Gasteiger charge is 2.19. The molecule has 0 amide bonds. The normalized spacial score (nSPS) is 10.8. The zero-order valence-corrected chi connectivity index (χ0v) is 11.4. The minimum Gasteiger partial charge on any atom is -0.335 e. The van der Waals surface area contributed by atoms with Crippen LogP contribution >= 0.6 is 0 Å². The van der Waals surface area contributed by atoms with Crippen LogP contribution in [0.2, 0.25) is 0 Å². The van der Waals surface area contributed by atoms with E-state index in [-0.39, 0.29) is 5.82 Å². The van der Waals surface area contributed by atoms with Crippen LogP contribution in [-0.4, -0.2) is 9.72 Å². The van der Waals surface area contributed by atoms with Crippen molar-refractivity contribution in [3.05, 3.63) is 65.0 Å². The first kappa shape index (κ1) is 13.3. The van der Waals surface area contributed by atoms with Gasteiger partial charge >= 0.3 is 5.63 Å². The van der Waals surface area contributed by atoms with Crippen LogP contribution < -0.4 is 5.63 Å². The number of aryl methyl sites for hydroxylation is 1. The Morgan fingerprint density at radius 2 is 1.76 bits per heavy atom. The molecule has 4 nitrogen and oxygen atoms in total. The van der Waals surface area contributed by atoms with Crippen molar-refractivity contribution in [1.82, 2.24) is 9.72 Å². The van der Waals surface area contributed by atoms with Crippen molar-refractivity contribution >= 4 is 0 Å². The van der Waals surface area contributed by atoms with E-state index >= 15 is 0 Å². The van der Waals surface area contributed by atoms with Gasteiger partial charge in [-0.25, -0.2) is 13.9 Å². The molecule has 0 aliphatic heterocycles. The summed E-state index contributed by atoms with van der Waals surface area (Å²) in [5.74, 6) is -0.344. The number of benzene rings is 1. The molecular weight excluding hydrogens is 271 g/mol. The minimum absolute atomic E-state index is 0.344. The monoisotopic (exact) mass is 284 g/mol. The van der Waals surface area contributed by atoms with Gasteiger partial charge < -0.3 is 4.52 Å². The highest BCUT2D eigenvalue weighted by Crippen LogP contribution is 2.30. The third-order valence-electron chi connectivity index (χ3n) is 3.26. The fourth-order valence-corrected chi connectivity index (χ4v) is 2.30. The van der Waals surface area contributed by atoms with Gasteiger partial charge in [-0.15, -0.1) is 0 Å². The maximum atomic E-state index is 13.1. The summed E-state index contributed by atoms with van der Waals surface area (Å²) in [6.07, 6.45) is 3.31. The van der Waals surface area contributed by atoms with Crippen molar-refractivity contribution in [3.8, 4) is 22.4 Å². The van der Waals surface area contributed by atoms with Crippen LogP contribution in [0.5, 0.6) is 0 Å². The predicted octanol–water partition coefficient (Wildman–Crippen LogP) is 3.33. The van der Waals surface area contributed by atoms with E-state index in [1.165, 1.54) is 16.9 Å². The Morgan fingerprint density at radius 3 is 2.38 bits per heavy atom. The standard InChI is InChI=1S/C16H13FN2O2/c1-2-19-15(12-7-9-18-10-8-12)14(16(20)21-19)11-3-5-13(17)6-4-11/h3-10H,2H2,1H3. The zero-order valence-electron chi connectivity index (χ0n) is 11.4. The molecule has 0 fully saturated rings. The van der Waals surface area contributed by atoms with E-state index in [9.17, 15) is 9.18 Å². The molecule has 0 aliphatic rings. The summed E-state index contributed by atoms with van der Waals surface area (Å²) >= 11 is 0. The Hall–Kier alpha value is -2.69. The third kappa shape index (κ3) is 2.38. The lowest BCUT2D eigenvalue weighted by Gasteiger charge is -2.06. The SMILES string of the molecule is CCn1oc(=O)c(-c2ccc(F)cc2)c1-c1ccncc1. The lowest BCUT2D eigenvalue weighted by atomic mass is 10.0. The summed E-state index contributed by atoms with van der Waals surface area (Å²) < 4.78 is 19.9. The molecule has 2 aromatic heterocycles. The molecular formula is C16H13FN2O2. The lowest BCUT2D eigenvalue weighted by Crippen LogP contribution is -1.97. The summed E-state index contributed by atoms with van der Waals surface area (Å²) in [7, 11) is 0. The van der Waals surface area contributed by atoms with E-state index in [0.717, 1.165) is 5.56 Å². The number of halogens is 1. The maximum absolute atomic E-state index is 13.1. The molecule has 106 valence electrons. The van der Waals surface area contributed by atoms with Crippen molar-refractivity contribution in [2.45, 2.75) is 13.5 Å². The third-order valence-corrected chi connectivity index (χ3v) is 3.26. The largest absolute Gasteiger partial charge is 0.365 e. The quantitative estimate of drug-likeness (QED) is 0.741. The van der Waals surface area contributed by atoms with Crippen molar-refractivity contribution < 1.29 is 8.91 Å². The molecule has 0 saturated heterocycles. The Bertz CT molecular complexity index is 805. The molecule has 0 unspecified atom stereocenters. The van der Waals surface area contributed by atoms with E-state index < -0.39 is 5.63 Å². The van der Waals surface area contributed by atoms with Gasteiger partial charge in [0.25, 0.3) is 0 Å². The van der Waals surface area contributed by atoms with Gasteiger partial charge in [-0.05, 0) is 36.8 Å². The fraction of sp³-hybridized carbons (Fsp3) is 0.125. The zero-order chi connectivity index (χ0) is 14.8. The molecule has 3 aromatic rings. The van der Waals surface area contributed by atoms with Gasteiger partial charge in [-0.1, -0.05) is 12.1 Å². The van der Waals surface area contributed by atoms with E-state index in [2.05, 4.69) is 4.98 Å². The van der Waals surface area contributed by atoms with Gasteiger partial charge in [0.1, 0.15) is 5.82 Å². The number of rotatable bonds is 3. The Labute approximate surface area is 120 Å². The van der Waals surface area contributed by atoms with Gasteiger partial charge in [0.2, 0.25) is 0 Å². The summed E-state index contributed by atoms with van der Waals surface area (Å²) in [5, 5.41) is 0. The molecule has 21 heavy (non-hydrogen) atoms. The minimum atomic E-state index is -0.435. The van der Waals surface area contributed by atoms with Gasteiger partial charge in [0, 0.05) is 18.0 Å². The first-order chi connectivity index (χ1) is 10.2. The molecule has 0 aliphatic carbocycles. The van der Waals surface area contributed by atoms with Crippen LogP contribution in [0.15, 0.2) is 58.1 Å². The first-order valence-corrected chi connectivity index (χ1v) is 6.61. The first-order valence-electron chi connectivity index (χ1n) is 6.61. The fourth-order valence-electron chi connectivity index (χ4n) is 2.30. The molecule has 0 radical (unpaired) electrons. The van der Waals surface area contributed by atoms with Crippen LogP contribution in [0.4, 0.5) is 4.39 Å². The number of nitrogens with zero attached hydrogens (tertiary/aromatic N) is 2. The van der Waals surface area contributed by atoms with Crippen LogP contribution in [0.3, 0.4) is 0 Å². The smallest absolute Gasteiger partial charge is 0.335 e. The summed E-state index contributed by atoms with van der Waals surface area (Å²) in [6, 6.07) is 9.42. The average molecular weight is 284 g/mol. The van der Waals surface area contributed by atoms with Gasteiger partial charge in [0.15, 0.2) is 0 Å². The average Bonchev–Trinajstić information content (AvgIpc) is 2.85. The Kier molecular flexibility index (Phi) is 3.39. The van der Waals surface area contributed by atoms with Gasteiger partial charge in [0.05, 0.1) is 17.8 Å². The lowest BCUT2D eigenvalue weighted by molar-refractivity contribution is 0.263. The van der Waals surface area contributed by atoms with Crippen LogP contribution in [0, 0.1) is 5.82 Å². The van der Waals surface area contributed by atoms with Crippen LogP contribution in [0.1, 0.15) is 6.92 Å². The van der Waals surface area contributed by atoms with E-state index in [0.29, 0.717) is 23.4 Å². The maximum Gasteiger partial charge on any atom is 0.365 e. The molecule has 0 bridgehead atoms. The van der Waals surface area contributed by atoms with Gasteiger partial charge in [-0.2, -0.15) is 0 Å². The molecule has 2 heterocycles. The Morgan fingerprint density at radius 1 is 1.10 bits per heavy atom. The number of pyridine rings is 1. The van der Waals surface area contributed by atoms with E-state index in [4.69, 9.17) is 4.52 Å². The highest BCUT2D eigenvalue weighted by molar-refractivity contribution is 5.79. The Balaban J connectivity index is 2.28. The second-order valence-electron chi connectivity index (χ2n) is 4.54. The van der Waals surface area contributed by atoms with E-state index in [1.54, 1.807) is 24.5 Å². The van der Waals surface area contributed by atoms with Crippen molar-refractivity contribution in [1.29, 1.82) is 0 Å². The molecule has 0 atom stereocenters. The van der Waals surface area contributed by atoms with Crippen LogP contribution in [-0.2, 0) is 6.54 Å². The van der Waals surface area contributed by atoms with Crippen molar-refractivity contribution in [2.75, 3.05) is 0 Å². The second-order valence-corrected chi connectivity index (χ2v) is 4.54. The highest BCUT2D eigenvalue weighted by atomic mass is 19.1. The summed E-state index contributed by atoms with van der Waals surface area (Å²) in [6.45, 7) is 2.41. The van der Waals surface area contributed by atoms with E-state index in [1.807, 2.05) is 19.1 Å². The topological polar surface area (TPSA) is 48.0 Å². The second kappa shape index (κ2) is 5.36. The summed E-state index contributed by atoms with van der Waals surface area (Å²) in [5.41, 5.74) is 2.14. The molecule has 0 spiro atoms. The number of hydrogen-bond acceptors (Lipinski definition) is 3. The molecule has 5 heteroatoms. The summed E-state index contributed by atoms with van der Waals surface area (Å²) in [4.78, 5) is 16.2. The molecule has 0 N–H and O–H groups in total. The van der Waals surface area contributed by atoms with Crippen molar-refractivity contribution in [3.63, 3.8) is 0 Å². The van der Waals surface area contributed by atoms with Crippen LogP contribution in [0.25, 0.3) is 22.4 Å². The number of hydrogen-bond donors (Lipinski definition) is 0. The van der Waals surface area contributed by atoms with Crippen molar-refractivity contribution in [2.24, 2.45) is 0 Å².